The molecular weight excluding hydrogens is 535 g/mol. The molecular formula is C30H38Cl2N4O3. The van der Waals surface area contributed by atoms with Crippen LogP contribution in [0.5, 0.6) is 11.5 Å². The van der Waals surface area contributed by atoms with Crippen molar-refractivity contribution in [1.82, 2.24) is 9.88 Å². The van der Waals surface area contributed by atoms with Gasteiger partial charge in [0.25, 0.3) is 0 Å². The molecule has 2 heterocycles. The number of fused-ring (bicyclic) bond motifs is 1. The van der Waals surface area contributed by atoms with Gasteiger partial charge in [0.15, 0.2) is 17.3 Å². The van der Waals surface area contributed by atoms with Gasteiger partial charge in [0.2, 0.25) is 0 Å². The average Bonchev–Trinajstić information content (AvgIpc) is 2.91. The lowest BCUT2D eigenvalue weighted by Crippen LogP contribution is -2.45. The number of rotatable bonds is 7. The summed E-state index contributed by atoms with van der Waals surface area (Å²) in [5, 5.41) is 15.0. The molecule has 210 valence electrons. The molecule has 1 aliphatic heterocycles. The van der Waals surface area contributed by atoms with E-state index in [0.29, 0.717) is 29.3 Å². The molecule has 1 aromatic heterocycles. The van der Waals surface area contributed by atoms with E-state index in [2.05, 4.69) is 15.2 Å². The maximum absolute atomic E-state index is 12.6. The SMILES string of the molecule is COc1cc(-c2ccc3ncc(C(C)=O)c(NC4CCC(CN5CCCC(N)C5)CC4)c3c2)cc(Cl)c1O.Cl. The monoisotopic (exact) mass is 572 g/mol. The standard InChI is InChI=1S/C30H37ClN4O3.ClH/c1-18(36)25-15-33-27-10-7-20(21-13-26(31)30(37)28(14-21)38-2)12-24(27)29(25)34-23-8-5-19(6-9-23)16-35-11-3-4-22(32)17-35;/h7,10,12-15,19,22-23,37H,3-6,8-9,11,16-17,32H2,1-2H3,(H,33,34);1H. The van der Waals surface area contributed by atoms with Gasteiger partial charge in [0.1, 0.15) is 0 Å². The van der Waals surface area contributed by atoms with Crippen molar-refractivity contribution in [3.8, 4) is 22.6 Å². The predicted octanol–water partition coefficient (Wildman–Crippen LogP) is 6.29. The number of piperidine rings is 1. The van der Waals surface area contributed by atoms with Crippen LogP contribution in [0.3, 0.4) is 0 Å². The van der Waals surface area contributed by atoms with Crippen LogP contribution in [0.1, 0.15) is 55.8 Å². The lowest BCUT2D eigenvalue weighted by atomic mass is 9.85. The number of aromatic hydroxyl groups is 1. The fourth-order valence-electron chi connectivity index (χ4n) is 6.01. The number of phenols is 1. The summed E-state index contributed by atoms with van der Waals surface area (Å²) in [6, 6.07) is 10.0. The number of halogens is 2. The van der Waals surface area contributed by atoms with Crippen molar-refractivity contribution in [2.24, 2.45) is 11.7 Å². The molecule has 0 amide bonds. The molecule has 3 aromatic rings. The number of carbonyl (C=O) groups excluding carboxylic acids is 1. The molecule has 0 spiro atoms. The molecule has 9 heteroatoms. The lowest BCUT2D eigenvalue weighted by Gasteiger charge is -2.36. The van der Waals surface area contributed by atoms with Crippen LogP contribution in [0.15, 0.2) is 36.5 Å². The van der Waals surface area contributed by atoms with Gasteiger partial charge in [-0.05, 0) is 93.3 Å². The van der Waals surface area contributed by atoms with E-state index >= 15 is 0 Å². The van der Waals surface area contributed by atoms with E-state index in [4.69, 9.17) is 22.1 Å². The quantitative estimate of drug-likeness (QED) is 0.286. The smallest absolute Gasteiger partial charge is 0.176 e. The Bertz CT molecular complexity index is 1330. The number of nitrogens with two attached hydrogens (primary N) is 1. The first kappa shape index (κ1) is 29.4. The van der Waals surface area contributed by atoms with E-state index in [1.807, 2.05) is 18.2 Å². The topological polar surface area (TPSA) is 101 Å². The average molecular weight is 574 g/mol. The molecule has 2 aliphatic rings. The van der Waals surface area contributed by atoms with Crippen molar-refractivity contribution in [1.29, 1.82) is 0 Å². The maximum atomic E-state index is 12.6. The molecule has 1 unspecified atom stereocenters. The van der Waals surface area contributed by atoms with E-state index in [1.165, 1.54) is 26.4 Å². The summed E-state index contributed by atoms with van der Waals surface area (Å²) in [5.41, 5.74) is 10.1. The zero-order valence-electron chi connectivity index (χ0n) is 22.6. The van der Waals surface area contributed by atoms with Crippen molar-refractivity contribution in [2.75, 3.05) is 32.1 Å². The minimum absolute atomic E-state index is 0. The highest BCUT2D eigenvalue weighted by atomic mass is 35.5. The molecule has 1 saturated carbocycles. The highest BCUT2D eigenvalue weighted by molar-refractivity contribution is 6.32. The summed E-state index contributed by atoms with van der Waals surface area (Å²) in [7, 11) is 1.50. The number of ether oxygens (including phenoxy) is 1. The first-order valence-electron chi connectivity index (χ1n) is 13.6. The number of nitrogens with zero attached hydrogens (tertiary/aromatic N) is 2. The van der Waals surface area contributed by atoms with Crippen LogP contribution in [-0.2, 0) is 0 Å². The Labute approximate surface area is 241 Å². The fourth-order valence-corrected chi connectivity index (χ4v) is 6.22. The van der Waals surface area contributed by atoms with E-state index in [9.17, 15) is 9.90 Å². The van der Waals surface area contributed by atoms with Crippen LogP contribution in [0.2, 0.25) is 5.02 Å². The maximum Gasteiger partial charge on any atom is 0.176 e. The number of phenolic OH excluding ortho intramolecular Hbond substituents is 1. The Morgan fingerprint density at radius 1 is 1.18 bits per heavy atom. The summed E-state index contributed by atoms with van der Waals surface area (Å²) in [6.07, 6.45) is 8.48. The number of methoxy groups -OCH3 is 1. The molecule has 39 heavy (non-hydrogen) atoms. The minimum atomic E-state index is -0.0830. The molecule has 1 atom stereocenters. The van der Waals surface area contributed by atoms with Gasteiger partial charge in [0.05, 0.1) is 28.9 Å². The molecule has 0 bridgehead atoms. The van der Waals surface area contributed by atoms with Gasteiger partial charge in [-0.25, -0.2) is 0 Å². The Morgan fingerprint density at radius 3 is 2.64 bits per heavy atom. The number of ketones is 1. The molecule has 2 fully saturated rings. The highest BCUT2D eigenvalue weighted by Crippen LogP contribution is 2.40. The van der Waals surface area contributed by atoms with Crippen molar-refractivity contribution in [3.05, 3.63) is 47.1 Å². The van der Waals surface area contributed by atoms with Crippen LogP contribution in [0.4, 0.5) is 5.69 Å². The summed E-state index contributed by atoms with van der Waals surface area (Å²) in [6.45, 7) is 4.91. The van der Waals surface area contributed by atoms with Crippen molar-refractivity contribution in [3.63, 3.8) is 0 Å². The largest absolute Gasteiger partial charge is 0.503 e. The van der Waals surface area contributed by atoms with E-state index in [-0.39, 0.29) is 29.0 Å². The molecule has 5 rings (SSSR count). The van der Waals surface area contributed by atoms with Crippen LogP contribution in [0.25, 0.3) is 22.0 Å². The number of hydrogen-bond donors (Lipinski definition) is 3. The molecule has 2 aromatic carbocycles. The number of benzene rings is 2. The molecule has 0 radical (unpaired) electrons. The number of likely N-dealkylation sites (tertiary alicyclic amines) is 1. The Balaban J connectivity index is 0.00000353. The predicted molar refractivity (Wildman–Crippen MR) is 161 cm³/mol. The number of Topliss-reactive ketones (excluding diaryl/α,β-unsaturated/α-hetero) is 1. The molecule has 7 nitrogen and oxygen atoms in total. The van der Waals surface area contributed by atoms with Gasteiger partial charge in [-0.1, -0.05) is 17.7 Å². The van der Waals surface area contributed by atoms with E-state index < -0.39 is 0 Å². The second-order valence-corrected chi connectivity index (χ2v) is 11.3. The van der Waals surface area contributed by atoms with Crippen LogP contribution in [0, 0.1) is 5.92 Å². The normalized spacial score (nSPS) is 21.8. The summed E-state index contributed by atoms with van der Waals surface area (Å²) < 4.78 is 5.30. The van der Waals surface area contributed by atoms with Gasteiger partial charge in [-0.2, -0.15) is 0 Å². The van der Waals surface area contributed by atoms with Crippen molar-refractivity contribution in [2.45, 2.75) is 57.5 Å². The summed E-state index contributed by atoms with van der Waals surface area (Å²) >= 11 is 6.26. The minimum Gasteiger partial charge on any atom is -0.503 e. The van der Waals surface area contributed by atoms with Crippen LogP contribution >= 0.6 is 24.0 Å². The summed E-state index contributed by atoms with van der Waals surface area (Å²) in [4.78, 5) is 19.7. The first-order chi connectivity index (χ1) is 18.3. The third kappa shape index (κ3) is 6.60. The number of aromatic nitrogens is 1. The molecule has 1 saturated heterocycles. The zero-order valence-corrected chi connectivity index (χ0v) is 24.2. The van der Waals surface area contributed by atoms with Gasteiger partial charge in [0, 0.05) is 36.8 Å². The van der Waals surface area contributed by atoms with E-state index in [0.717, 1.165) is 66.6 Å². The number of nitrogens with one attached hydrogen (secondary N) is 1. The molecule has 4 N–H and O–H groups in total. The van der Waals surface area contributed by atoms with E-state index in [1.54, 1.807) is 25.3 Å². The number of anilines is 1. The number of carbonyl (C=O) groups is 1. The highest BCUT2D eigenvalue weighted by Gasteiger charge is 2.26. The fraction of sp³-hybridized carbons (Fsp3) is 0.467. The van der Waals surface area contributed by atoms with Crippen LogP contribution < -0.4 is 15.8 Å². The molecule has 1 aliphatic carbocycles. The Kier molecular flexibility index (Phi) is 9.60. The Morgan fingerprint density at radius 2 is 1.95 bits per heavy atom. The van der Waals surface area contributed by atoms with Gasteiger partial charge in [-0.15, -0.1) is 12.4 Å². The third-order valence-electron chi connectivity index (χ3n) is 8.08. The third-order valence-corrected chi connectivity index (χ3v) is 8.37. The van der Waals surface area contributed by atoms with Crippen molar-refractivity contribution < 1.29 is 14.6 Å². The van der Waals surface area contributed by atoms with Gasteiger partial charge in [-0.3, -0.25) is 9.78 Å². The first-order valence-corrected chi connectivity index (χ1v) is 13.9. The zero-order chi connectivity index (χ0) is 26.8. The number of hydrogen-bond acceptors (Lipinski definition) is 7. The Hall–Kier alpha value is -2.58. The summed E-state index contributed by atoms with van der Waals surface area (Å²) in [5.74, 6) is 0.905. The lowest BCUT2D eigenvalue weighted by molar-refractivity contribution is 0.101. The van der Waals surface area contributed by atoms with Crippen molar-refractivity contribution >= 4 is 46.4 Å². The second kappa shape index (κ2) is 12.7. The van der Waals surface area contributed by atoms with Gasteiger partial charge < -0.3 is 25.8 Å². The number of pyridine rings is 1. The van der Waals surface area contributed by atoms with Crippen LogP contribution in [-0.4, -0.2) is 59.6 Å². The second-order valence-electron chi connectivity index (χ2n) is 10.9. The van der Waals surface area contributed by atoms with Gasteiger partial charge >= 0.3 is 0 Å².